The second-order valence-electron chi connectivity index (χ2n) is 6.06. The minimum absolute atomic E-state index is 0.0845. The van der Waals surface area contributed by atoms with Gasteiger partial charge in [0.2, 0.25) is 5.91 Å². The van der Waals surface area contributed by atoms with Gasteiger partial charge in [-0.3, -0.25) is 4.79 Å². The lowest BCUT2D eigenvalue weighted by Gasteiger charge is -2.22. The standard InChI is InChI=1S/C17H17F2NO2S/c1-17(22,14-6-3-7-23-14)9-20-16(21)12-8-11(12)10-4-2-5-13(18)15(10)19/h2-7,11-12,22H,8-9H2,1H3,(H,20,21)/t11-,12-,17+/m1/s1. The van der Waals surface area contributed by atoms with Gasteiger partial charge in [-0.05, 0) is 42.3 Å². The molecule has 122 valence electrons. The van der Waals surface area contributed by atoms with E-state index >= 15 is 0 Å². The van der Waals surface area contributed by atoms with Crippen molar-refractivity contribution in [3.8, 4) is 0 Å². The van der Waals surface area contributed by atoms with Crippen molar-refractivity contribution >= 4 is 17.2 Å². The summed E-state index contributed by atoms with van der Waals surface area (Å²) in [6.45, 7) is 1.72. The molecule has 3 atom stereocenters. The van der Waals surface area contributed by atoms with E-state index < -0.39 is 17.2 Å². The Labute approximate surface area is 137 Å². The quantitative estimate of drug-likeness (QED) is 0.880. The van der Waals surface area contributed by atoms with E-state index in [1.165, 1.54) is 23.5 Å². The molecule has 0 radical (unpaired) electrons. The first-order valence-corrected chi connectivity index (χ1v) is 8.26. The molecule has 2 aromatic rings. The summed E-state index contributed by atoms with van der Waals surface area (Å²) in [5, 5.41) is 14.9. The Morgan fingerprint density at radius 1 is 1.39 bits per heavy atom. The predicted molar refractivity (Wildman–Crippen MR) is 84.1 cm³/mol. The van der Waals surface area contributed by atoms with Gasteiger partial charge in [-0.2, -0.15) is 0 Å². The molecule has 3 rings (SSSR count). The maximum Gasteiger partial charge on any atom is 0.223 e. The van der Waals surface area contributed by atoms with Crippen LogP contribution in [0.15, 0.2) is 35.7 Å². The van der Waals surface area contributed by atoms with Crippen molar-refractivity contribution in [1.82, 2.24) is 5.32 Å². The number of rotatable bonds is 5. The number of nitrogens with one attached hydrogen (secondary N) is 1. The van der Waals surface area contributed by atoms with E-state index in [0.29, 0.717) is 6.42 Å². The van der Waals surface area contributed by atoms with Crippen molar-refractivity contribution in [3.63, 3.8) is 0 Å². The molecule has 1 aliphatic rings. The smallest absolute Gasteiger partial charge is 0.223 e. The van der Waals surface area contributed by atoms with Gasteiger partial charge in [0.15, 0.2) is 11.6 Å². The Hall–Kier alpha value is -1.79. The molecule has 1 saturated carbocycles. The highest BCUT2D eigenvalue weighted by atomic mass is 32.1. The summed E-state index contributed by atoms with van der Waals surface area (Å²) in [5.74, 6) is -2.68. The van der Waals surface area contributed by atoms with Gasteiger partial charge >= 0.3 is 0 Å². The fourth-order valence-electron chi connectivity index (χ4n) is 2.70. The Morgan fingerprint density at radius 3 is 2.87 bits per heavy atom. The first kappa shape index (κ1) is 16.1. The summed E-state index contributed by atoms with van der Waals surface area (Å²) >= 11 is 1.41. The van der Waals surface area contributed by atoms with Crippen LogP contribution in [-0.2, 0) is 10.4 Å². The Balaban J connectivity index is 1.60. The lowest BCUT2D eigenvalue weighted by atomic mass is 10.0. The normalized spacial score (nSPS) is 22.4. The van der Waals surface area contributed by atoms with Crippen LogP contribution in [0.25, 0.3) is 0 Å². The van der Waals surface area contributed by atoms with Gasteiger partial charge < -0.3 is 10.4 Å². The molecule has 1 fully saturated rings. The SMILES string of the molecule is C[C@](O)(CNC(=O)[C@@H]1C[C@@H]1c1cccc(F)c1F)c1cccs1. The zero-order valence-corrected chi connectivity index (χ0v) is 13.4. The maximum atomic E-state index is 13.7. The van der Waals surface area contributed by atoms with Gasteiger partial charge in [-0.15, -0.1) is 11.3 Å². The molecule has 3 nitrogen and oxygen atoms in total. The number of carbonyl (C=O) groups is 1. The van der Waals surface area contributed by atoms with Crippen LogP contribution in [0.1, 0.15) is 29.7 Å². The molecule has 0 unspecified atom stereocenters. The Kier molecular flexibility index (Phi) is 4.21. The highest BCUT2D eigenvalue weighted by Gasteiger charge is 2.45. The second-order valence-corrected chi connectivity index (χ2v) is 7.01. The number of thiophene rings is 1. The molecular weight excluding hydrogens is 320 g/mol. The molecule has 1 amide bonds. The van der Waals surface area contributed by atoms with Gasteiger partial charge in [0.05, 0.1) is 6.54 Å². The Bertz CT molecular complexity index is 715. The summed E-state index contributed by atoms with van der Waals surface area (Å²) in [7, 11) is 0. The molecule has 1 heterocycles. The lowest BCUT2D eigenvalue weighted by Crippen LogP contribution is -2.38. The molecule has 1 aromatic carbocycles. The summed E-state index contributed by atoms with van der Waals surface area (Å²) in [4.78, 5) is 12.9. The van der Waals surface area contributed by atoms with Crippen molar-refractivity contribution in [2.75, 3.05) is 6.54 Å². The van der Waals surface area contributed by atoms with Crippen molar-refractivity contribution in [1.29, 1.82) is 0 Å². The zero-order valence-electron chi connectivity index (χ0n) is 12.6. The molecule has 6 heteroatoms. The summed E-state index contributed by atoms with van der Waals surface area (Å²) in [6, 6.07) is 7.66. The fourth-order valence-corrected chi connectivity index (χ4v) is 3.48. The van der Waals surface area contributed by atoms with Gasteiger partial charge in [0, 0.05) is 10.8 Å². The van der Waals surface area contributed by atoms with E-state index in [-0.39, 0.29) is 29.9 Å². The van der Waals surface area contributed by atoms with E-state index in [2.05, 4.69) is 5.32 Å². The maximum absolute atomic E-state index is 13.7. The first-order valence-electron chi connectivity index (χ1n) is 7.38. The van der Waals surface area contributed by atoms with Gasteiger partial charge in [0.1, 0.15) is 5.60 Å². The number of amides is 1. The van der Waals surface area contributed by atoms with E-state index in [9.17, 15) is 18.7 Å². The topological polar surface area (TPSA) is 49.3 Å². The summed E-state index contributed by atoms with van der Waals surface area (Å²) < 4.78 is 27.0. The van der Waals surface area contributed by atoms with Crippen LogP contribution >= 0.6 is 11.3 Å². The van der Waals surface area contributed by atoms with Crippen molar-refractivity contribution in [2.45, 2.75) is 24.9 Å². The molecule has 23 heavy (non-hydrogen) atoms. The highest BCUT2D eigenvalue weighted by molar-refractivity contribution is 7.10. The minimum atomic E-state index is -1.14. The Morgan fingerprint density at radius 2 is 2.17 bits per heavy atom. The number of carbonyl (C=O) groups excluding carboxylic acids is 1. The monoisotopic (exact) mass is 337 g/mol. The number of aliphatic hydroxyl groups is 1. The van der Waals surface area contributed by atoms with Gasteiger partial charge in [-0.25, -0.2) is 8.78 Å². The number of hydrogen-bond donors (Lipinski definition) is 2. The summed E-state index contributed by atoms with van der Waals surface area (Å²) in [6.07, 6.45) is 0.493. The molecule has 0 spiro atoms. The molecular formula is C17H17F2NO2S. The van der Waals surface area contributed by atoms with Gasteiger partial charge in [-0.1, -0.05) is 18.2 Å². The van der Waals surface area contributed by atoms with Crippen LogP contribution < -0.4 is 5.32 Å². The van der Waals surface area contributed by atoms with Crippen LogP contribution in [-0.4, -0.2) is 17.6 Å². The fraction of sp³-hybridized carbons (Fsp3) is 0.353. The lowest BCUT2D eigenvalue weighted by molar-refractivity contribution is -0.123. The van der Waals surface area contributed by atoms with E-state index in [1.54, 1.807) is 13.0 Å². The molecule has 0 bridgehead atoms. The summed E-state index contributed by atoms with van der Waals surface area (Å²) in [5.41, 5.74) is -0.895. The average molecular weight is 337 g/mol. The predicted octanol–water partition coefficient (Wildman–Crippen LogP) is 3.15. The van der Waals surface area contributed by atoms with Gasteiger partial charge in [0.25, 0.3) is 0 Å². The number of hydrogen-bond acceptors (Lipinski definition) is 3. The first-order chi connectivity index (χ1) is 10.9. The van der Waals surface area contributed by atoms with Crippen molar-refractivity contribution in [3.05, 3.63) is 57.8 Å². The number of benzene rings is 1. The second kappa shape index (κ2) is 6.02. The van der Waals surface area contributed by atoms with E-state index in [4.69, 9.17) is 0 Å². The third-order valence-electron chi connectivity index (χ3n) is 4.17. The number of halogens is 2. The third-order valence-corrected chi connectivity index (χ3v) is 5.29. The average Bonchev–Trinajstić information content (AvgIpc) is 3.09. The van der Waals surface area contributed by atoms with E-state index in [1.807, 2.05) is 11.4 Å². The molecule has 1 aromatic heterocycles. The molecule has 0 saturated heterocycles. The highest BCUT2D eigenvalue weighted by Crippen LogP contribution is 2.48. The largest absolute Gasteiger partial charge is 0.383 e. The van der Waals surface area contributed by atoms with Crippen molar-refractivity contribution in [2.24, 2.45) is 5.92 Å². The van der Waals surface area contributed by atoms with E-state index in [0.717, 1.165) is 10.9 Å². The van der Waals surface area contributed by atoms with Crippen LogP contribution in [0.4, 0.5) is 8.78 Å². The van der Waals surface area contributed by atoms with Crippen LogP contribution in [0.3, 0.4) is 0 Å². The minimum Gasteiger partial charge on any atom is -0.383 e. The third kappa shape index (κ3) is 3.28. The van der Waals surface area contributed by atoms with Crippen LogP contribution in [0.5, 0.6) is 0 Å². The van der Waals surface area contributed by atoms with Crippen LogP contribution in [0, 0.1) is 17.6 Å². The zero-order chi connectivity index (χ0) is 16.6. The molecule has 2 N–H and O–H groups in total. The molecule has 0 aliphatic heterocycles. The molecule has 1 aliphatic carbocycles. The van der Waals surface area contributed by atoms with Crippen LogP contribution in [0.2, 0.25) is 0 Å². The van der Waals surface area contributed by atoms with Crippen molar-refractivity contribution < 1.29 is 18.7 Å².